The topological polar surface area (TPSA) is 56.2 Å². The Bertz CT molecular complexity index is 1260. The summed E-state index contributed by atoms with van der Waals surface area (Å²) in [7, 11) is 1.94. The first kappa shape index (κ1) is 18.6. The van der Waals surface area contributed by atoms with Gasteiger partial charge in [-0.2, -0.15) is 5.10 Å². The van der Waals surface area contributed by atoms with Gasteiger partial charge in [0.1, 0.15) is 6.04 Å². The molecule has 0 bridgehead atoms. The van der Waals surface area contributed by atoms with Gasteiger partial charge in [0.2, 0.25) is 0 Å². The van der Waals surface area contributed by atoms with Crippen molar-refractivity contribution in [2.24, 2.45) is 12.0 Å². The zero-order chi connectivity index (χ0) is 20.8. The van der Waals surface area contributed by atoms with Gasteiger partial charge >= 0.3 is 0 Å². The van der Waals surface area contributed by atoms with Crippen LogP contribution >= 0.6 is 0 Å². The average Bonchev–Trinajstić information content (AvgIpc) is 3.32. The van der Waals surface area contributed by atoms with Gasteiger partial charge in [-0.3, -0.25) is 9.67 Å². The summed E-state index contributed by atoms with van der Waals surface area (Å²) in [5.74, 6) is 0.854. The molecule has 30 heavy (non-hydrogen) atoms. The van der Waals surface area contributed by atoms with Crippen LogP contribution in [0.5, 0.6) is 0 Å². The first-order valence-corrected chi connectivity index (χ1v) is 10.3. The van der Waals surface area contributed by atoms with Crippen molar-refractivity contribution in [1.29, 1.82) is 0 Å². The molecule has 0 amide bonds. The third-order valence-corrected chi connectivity index (χ3v) is 5.77. The summed E-state index contributed by atoms with van der Waals surface area (Å²) in [6.07, 6.45) is 4.78. The van der Waals surface area contributed by atoms with Crippen LogP contribution in [0.4, 0.5) is 0 Å². The Labute approximate surface area is 176 Å². The average molecular weight is 396 g/mol. The molecular weight excluding hydrogens is 372 g/mol. The molecule has 3 heterocycles. The monoisotopic (exact) mass is 396 g/mol. The Morgan fingerprint density at radius 1 is 0.967 bits per heavy atom. The molecule has 0 unspecified atom stereocenters. The van der Waals surface area contributed by atoms with Crippen molar-refractivity contribution in [2.75, 3.05) is 0 Å². The van der Waals surface area contributed by atoms with Gasteiger partial charge in [-0.1, -0.05) is 54.0 Å². The smallest absolute Gasteiger partial charge is 0.169 e. The first-order valence-electron chi connectivity index (χ1n) is 10.3. The van der Waals surface area contributed by atoms with Crippen LogP contribution in [-0.4, -0.2) is 20.6 Å². The number of benzene rings is 2. The van der Waals surface area contributed by atoms with Crippen LogP contribution in [0.2, 0.25) is 0 Å². The molecule has 0 saturated carbocycles. The molecule has 0 aliphatic carbocycles. The summed E-state index contributed by atoms with van der Waals surface area (Å²) in [4.78, 5) is 5.19. The predicted octanol–water partition coefficient (Wildman–Crippen LogP) is 5.66. The minimum absolute atomic E-state index is 0.0632. The van der Waals surface area contributed by atoms with E-state index in [0.29, 0.717) is 0 Å². The second-order valence-electron chi connectivity index (χ2n) is 7.94. The van der Waals surface area contributed by atoms with Crippen LogP contribution in [-0.2, 0) is 7.05 Å². The molecule has 5 nitrogen and oxygen atoms in total. The number of rotatable bonds is 3. The molecule has 150 valence electrons. The van der Waals surface area contributed by atoms with Crippen molar-refractivity contribution in [3.63, 3.8) is 0 Å². The van der Waals surface area contributed by atoms with E-state index in [1.807, 2.05) is 31.0 Å². The summed E-state index contributed by atoms with van der Waals surface area (Å²) < 4.78 is 7.60. The minimum Gasteiger partial charge on any atom is -0.358 e. The van der Waals surface area contributed by atoms with Crippen molar-refractivity contribution in [3.05, 3.63) is 83.0 Å². The van der Waals surface area contributed by atoms with Gasteiger partial charge in [-0.15, -0.1) is 0 Å². The van der Waals surface area contributed by atoms with E-state index in [2.05, 4.69) is 66.6 Å². The van der Waals surface area contributed by atoms with Crippen LogP contribution in [0.15, 0.2) is 64.4 Å². The lowest BCUT2D eigenvalue weighted by molar-refractivity contribution is 0.357. The number of hydrogen-bond donors (Lipinski definition) is 0. The summed E-state index contributed by atoms with van der Waals surface area (Å²) in [6.45, 7) is 6.25. The molecule has 0 fully saturated rings. The molecule has 2 aromatic carbocycles. The van der Waals surface area contributed by atoms with E-state index in [4.69, 9.17) is 9.52 Å². The SMILES string of the molecule is CC[C@@H]1N=C(c2ccc(C)cc2)c2cc(-c3cnn(C)c3)ccc2-c2c(C)noc21. The zero-order valence-corrected chi connectivity index (χ0v) is 17.7. The third-order valence-electron chi connectivity index (χ3n) is 5.77. The van der Waals surface area contributed by atoms with Gasteiger partial charge in [0.15, 0.2) is 5.76 Å². The Morgan fingerprint density at radius 2 is 1.73 bits per heavy atom. The van der Waals surface area contributed by atoms with Gasteiger partial charge in [-0.25, -0.2) is 0 Å². The fraction of sp³-hybridized carbons (Fsp3) is 0.240. The van der Waals surface area contributed by atoms with Gasteiger partial charge in [0, 0.05) is 29.9 Å². The second kappa shape index (κ2) is 7.10. The van der Waals surface area contributed by atoms with Crippen LogP contribution < -0.4 is 0 Å². The lowest BCUT2D eigenvalue weighted by atomic mass is 9.90. The standard InChI is InChI=1S/C25H24N4O/c1-5-22-25-23(16(3)28-30-25)20-11-10-18(19-13-26-29(4)14-19)12-21(20)24(27-22)17-8-6-15(2)7-9-17/h6-14,22H,5H2,1-4H3/t22-/m0/s1. The van der Waals surface area contributed by atoms with Gasteiger partial charge in [0.25, 0.3) is 0 Å². The normalized spacial score (nSPS) is 15.3. The molecule has 0 saturated heterocycles. The Morgan fingerprint density at radius 3 is 2.43 bits per heavy atom. The van der Waals surface area contributed by atoms with E-state index in [9.17, 15) is 0 Å². The molecule has 4 aromatic rings. The number of nitrogens with zero attached hydrogens (tertiary/aromatic N) is 4. The maximum Gasteiger partial charge on any atom is 0.169 e. The van der Waals surface area contributed by atoms with Crippen LogP contribution in [0, 0.1) is 13.8 Å². The summed E-state index contributed by atoms with van der Waals surface area (Å²) >= 11 is 0. The van der Waals surface area contributed by atoms with E-state index < -0.39 is 0 Å². The molecule has 1 aliphatic rings. The van der Waals surface area contributed by atoms with E-state index >= 15 is 0 Å². The lowest BCUT2D eigenvalue weighted by Crippen LogP contribution is -2.06. The fourth-order valence-electron chi connectivity index (χ4n) is 4.15. The fourth-order valence-corrected chi connectivity index (χ4v) is 4.15. The molecule has 1 atom stereocenters. The molecule has 5 rings (SSSR count). The van der Waals surface area contributed by atoms with Crippen molar-refractivity contribution in [3.8, 4) is 22.3 Å². The minimum atomic E-state index is -0.0632. The van der Waals surface area contributed by atoms with Crippen LogP contribution in [0.1, 0.15) is 47.5 Å². The van der Waals surface area contributed by atoms with Gasteiger partial charge in [0.05, 0.1) is 23.2 Å². The van der Waals surface area contributed by atoms with E-state index in [1.165, 1.54) is 5.56 Å². The van der Waals surface area contributed by atoms with E-state index in [0.717, 1.165) is 57.0 Å². The third kappa shape index (κ3) is 2.98. The zero-order valence-electron chi connectivity index (χ0n) is 17.7. The van der Waals surface area contributed by atoms with E-state index in [1.54, 1.807) is 0 Å². The highest BCUT2D eigenvalue weighted by atomic mass is 16.5. The Kier molecular flexibility index (Phi) is 4.39. The number of aromatic nitrogens is 3. The molecule has 0 spiro atoms. The number of fused-ring (bicyclic) bond motifs is 3. The highest BCUT2D eigenvalue weighted by molar-refractivity contribution is 6.17. The summed E-state index contributed by atoms with van der Waals surface area (Å²) in [6, 6.07) is 15.1. The van der Waals surface area contributed by atoms with E-state index in [-0.39, 0.29) is 6.04 Å². The highest BCUT2D eigenvalue weighted by Crippen LogP contribution is 2.41. The van der Waals surface area contributed by atoms with Crippen LogP contribution in [0.3, 0.4) is 0 Å². The number of aryl methyl sites for hydroxylation is 3. The Balaban J connectivity index is 1.79. The van der Waals surface area contributed by atoms with Gasteiger partial charge in [-0.05, 0) is 37.5 Å². The number of aliphatic imine (C=N–C) groups is 1. The molecule has 1 aliphatic heterocycles. The van der Waals surface area contributed by atoms with Gasteiger partial charge < -0.3 is 4.52 Å². The summed E-state index contributed by atoms with van der Waals surface area (Å²) in [5.41, 5.74) is 9.73. The van der Waals surface area contributed by atoms with Crippen molar-refractivity contribution >= 4 is 5.71 Å². The predicted molar refractivity (Wildman–Crippen MR) is 119 cm³/mol. The second-order valence-corrected chi connectivity index (χ2v) is 7.94. The maximum atomic E-state index is 5.78. The lowest BCUT2D eigenvalue weighted by Gasteiger charge is -2.13. The number of hydrogen-bond acceptors (Lipinski definition) is 4. The molecule has 2 aromatic heterocycles. The largest absolute Gasteiger partial charge is 0.358 e. The maximum absolute atomic E-state index is 5.78. The molecular formula is C25H24N4O. The van der Waals surface area contributed by atoms with Crippen molar-refractivity contribution in [1.82, 2.24) is 14.9 Å². The summed E-state index contributed by atoms with van der Waals surface area (Å²) in [5, 5.41) is 8.61. The van der Waals surface area contributed by atoms with Crippen molar-refractivity contribution < 1.29 is 4.52 Å². The van der Waals surface area contributed by atoms with Crippen LogP contribution in [0.25, 0.3) is 22.3 Å². The molecule has 5 heteroatoms. The highest BCUT2D eigenvalue weighted by Gasteiger charge is 2.29. The van der Waals surface area contributed by atoms with Crippen molar-refractivity contribution in [2.45, 2.75) is 33.2 Å². The quantitative estimate of drug-likeness (QED) is 0.449. The first-order chi connectivity index (χ1) is 14.5. The molecule has 0 radical (unpaired) electrons. The molecule has 0 N–H and O–H groups in total. The Hall–Kier alpha value is -3.47.